The summed E-state index contributed by atoms with van der Waals surface area (Å²) in [5.74, 6) is -0.928. The van der Waals surface area contributed by atoms with Crippen LogP contribution < -0.4 is 10.6 Å². The number of amides is 2. The molecule has 134 valence electrons. The Morgan fingerprint density at radius 2 is 1.77 bits per heavy atom. The summed E-state index contributed by atoms with van der Waals surface area (Å²) in [7, 11) is 0. The Hall–Kier alpha value is -3.07. The Labute approximate surface area is 149 Å². The predicted octanol–water partition coefficient (Wildman–Crippen LogP) is 4.86. The third kappa shape index (κ3) is 4.12. The van der Waals surface area contributed by atoms with Crippen molar-refractivity contribution in [2.45, 2.75) is 6.18 Å². The van der Waals surface area contributed by atoms with Gasteiger partial charge in [-0.05, 0) is 42.5 Å². The highest BCUT2D eigenvalue weighted by Gasteiger charge is 2.30. The number of benzene rings is 1. The number of alkyl halides is 3. The molecule has 0 aliphatic rings. The molecule has 0 saturated heterocycles. The molecule has 2 aromatic heterocycles. The maximum Gasteiger partial charge on any atom is 0.416 e. The van der Waals surface area contributed by atoms with E-state index in [9.17, 15) is 22.8 Å². The van der Waals surface area contributed by atoms with Crippen LogP contribution >= 0.6 is 11.3 Å². The molecule has 5 nitrogen and oxygen atoms in total. The first-order chi connectivity index (χ1) is 12.3. The molecular weight excluding hydrogens is 369 g/mol. The van der Waals surface area contributed by atoms with Crippen molar-refractivity contribution in [1.29, 1.82) is 0 Å². The zero-order valence-corrected chi connectivity index (χ0v) is 13.8. The number of rotatable bonds is 4. The summed E-state index contributed by atoms with van der Waals surface area (Å²) in [6.07, 6.45) is -3.13. The third-order valence-electron chi connectivity index (χ3n) is 3.26. The molecule has 0 aliphatic heterocycles. The summed E-state index contributed by atoms with van der Waals surface area (Å²) in [5, 5.41) is 5.38. The molecule has 0 aliphatic carbocycles. The van der Waals surface area contributed by atoms with E-state index in [4.69, 9.17) is 4.42 Å². The Bertz CT molecular complexity index is 933. The normalized spacial score (nSPS) is 11.2. The Balaban J connectivity index is 1.68. The predicted molar refractivity (Wildman–Crippen MR) is 90.4 cm³/mol. The van der Waals surface area contributed by atoms with E-state index in [-0.39, 0.29) is 16.3 Å². The molecule has 3 rings (SSSR count). The Morgan fingerprint density at radius 3 is 2.46 bits per heavy atom. The SMILES string of the molecule is O=C(Nc1ccc(C(=O)Nc2cccc(C(F)(F)F)c2)s1)c1ccco1. The number of hydrogen-bond donors (Lipinski definition) is 2. The van der Waals surface area contributed by atoms with Crippen molar-refractivity contribution in [3.05, 3.63) is 71.0 Å². The van der Waals surface area contributed by atoms with Gasteiger partial charge in [-0.25, -0.2) is 0 Å². The van der Waals surface area contributed by atoms with Gasteiger partial charge in [0.15, 0.2) is 5.76 Å². The highest BCUT2D eigenvalue weighted by atomic mass is 32.1. The number of nitrogens with one attached hydrogen (secondary N) is 2. The van der Waals surface area contributed by atoms with Gasteiger partial charge >= 0.3 is 6.18 Å². The maximum absolute atomic E-state index is 12.7. The maximum atomic E-state index is 12.7. The fraction of sp³-hybridized carbons (Fsp3) is 0.0588. The molecule has 26 heavy (non-hydrogen) atoms. The van der Waals surface area contributed by atoms with E-state index in [0.717, 1.165) is 23.5 Å². The monoisotopic (exact) mass is 380 g/mol. The van der Waals surface area contributed by atoms with E-state index in [1.807, 2.05) is 0 Å². The molecule has 2 amide bonds. The van der Waals surface area contributed by atoms with Crippen molar-refractivity contribution in [2.24, 2.45) is 0 Å². The van der Waals surface area contributed by atoms with Gasteiger partial charge in [-0.2, -0.15) is 13.2 Å². The topological polar surface area (TPSA) is 71.3 Å². The van der Waals surface area contributed by atoms with E-state index in [0.29, 0.717) is 5.00 Å². The molecule has 3 aromatic rings. The second-order valence-electron chi connectivity index (χ2n) is 5.13. The van der Waals surface area contributed by atoms with Crippen LogP contribution in [0, 0.1) is 0 Å². The molecule has 0 spiro atoms. The quantitative estimate of drug-likeness (QED) is 0.679. The van der Waals surface area contributed by atoms with Crippen LogP contribution in [-0.2, 0) is 6.18 Å². The molecule has 2 heterocycles. The lowest BCUT2D eigenvalue weighted by Gasteiger charge is -2.09. The first-order valence-electron chi connectivity index (χ1n) is 7.26. The molecule has 0 bridgehead atoms. The van der Waals surface area contributed by atoms with E-state index in [2.05, 4.69) is 10.6 Å². The van der Waals surface area contributed by atoms with Crippen LogP contribution in [0.4, 0.5) is 23.9 Å². The smallest absolute Gasteiger partial charge is 0.416 e. The second-order valence-corrected chi connectivity index (χ2v) is 6.21. The summed E-state index contributed by atoms with van der Waals surface area (Å²) in [6, 6.07) is 10.4. The van der Waals surface area contributed by atoms with Crippen molar-refractivity contribution in [2.75, 3.05) is 10.6 Å². The van der Waals surface area contributed by atoms with E-state index in [1.165, 1.54) is 36.6 Å². The van der Waals surface area contributed by atoms with Gasteiger partial charge in [0, 0.05) is 5.69 Å². The van der Waals surface area contributed by atoms with Crippen LogP contribution in [0.3, 0.4) is 0 Å². The summed E-state index contributed by atoms with van der Waals surface area (Å²) in [5.41, 5.74) is -0.827. The van der Waals surface area contributed by atoms with E-state index in [1.54, 1.807) is 6.07 Å². The van der Waals surface area contributed by atoms with Crippen LogP contribution in [-0.4, -0.2) is 11.8 Å². The highest BCUT2D eigenvalue weighted by molar-refractivity contribution is 7.18. The number of anilines is 2. The molecule has 0 unspecified atom stereocenters. The van der Waals surface area contributed by atoms with E-state index >= 15 is 0 Å². The average Bonchev–Trinajstić information content (AvgIpc) is 3.26. The Kier molecular flexibility index (Phi) is 4.81. The zero-order chi connectivity index (χ0) is 18.7. The van der Waals surface area contributed by atoms with Crippen molar-refractivity contribution in [3.8, 4) is 0 Å². The number of halogens is 3. The van der Waals surface area contributed by atoms with Crippen LogP contribution in [0.5, 0.6) is 0 Å². The van der Waals surface area contributed by atoms with Crippen LogP contribution in [0.1, 0.15) is 25.8 Å². The molecule has 9 heteroatoms. The summed E-state index contributed by atoms with van der Waals surface area (Å²) in [6.45, 7) is 0. The number of hydrogen-bond acceptors (Lipinski definition) is 4. The van der Waals surface area contributed by atoms with Crippen LogP contribution in [0.15, 0.2) is 59.2 Å². The largest absolute Gasteiger partial charge is 0.459 e. The molecule has 0 radical (unpaired) electrons. The molecule has 0 saturated carbocycles. The standard InChI is InChI=1S/C17H11F3N2O3S/c18-17(19,20)10-3-1-4-11(9-10)21-16(24)13-6-7-14(26-13)22-15(23)12-5-2-8-25-12/h1-9H,(H,21,24)(H,22,23). The zero-order valence-electron chi connectivity index (χ0n) is 13.0. The van der Waals surface area contributed by atoms with Crippen molar-refractivity contribution in [3.63, 3.8) is 0 Å². The van der Waals surface area contributed by atoms with Crippen LogP contribution in [0.25, 0.3) is 0 Å². The molecule has 0 atom stereocenters. The van der Waals surface area contributed by atoms with Crippen LogP contribution in [0.2, 0.25) is 0 Å². The fourth-order valence-corrected chi connectivity index (χ4v) is 2.87. The van der Waals surface area contributed by atoms with Crippen molar-refractivity contribution in [1.82, 2.24) is 0 Å². The first kappa shape index (κ1) is 17.7. The Morgan fingerprint density at radius 1 is 0.962 bits per heavy atom. The minimum absolute atomic E-state index is 0.0272. The van der Waals surface area contributed by atoms with Gasteiger partial charge in [0.2, 0.25) is 0 Å². The van der Waals surface area contributed by atoms with Gasteiger partial charge in [-0.1, -0.05) is 6.07 Å². The lowest BCUT2D eigenvalue weighted by Crippen LogP contribution is -2.12. The highest BCUT2D eigenvalue weighted by Crippen LogP contribution is 2.31. The minimum atomic E-state index is -4.49. The van der Waals surface area contributed by atoms with E-state index < -0.39 is 23.6 Å². The van der Waals surface area contributed by atoms with Gasteiger partial charge in [-0.3, -0.25) is 9.59 Å². The lowest BCUT2D eigenvalue weighted by atomic mass is 10.2. The molecule has 1 aromatic carbocycles. The van der Waals surface area contributed by atoms with Gasteiger partial charge in [0.1, 0.15) is 0 Å². The van der Waals surface area contributed by atoms with Gasteiger partial charge < -0.3 is 15.1 Å². The number of carbonyl (C=O) groups is 2. The number of thiophene rings is 1. The fourth-order valence-electron chi connectivity index (χ4n) is 2.07. The third-order valence-corrected chi connectivity index (χ3v) is 4.26. The van der Waals surface area contributed by atoms with Gasteiger partial charge in [0.25, 0.3) is 11.8 Å². The lowest BCUT2D eigenvalue weighted by molar-refractivity contribution is -0.137. The summed E-state index contributed by atoms with van der Waals surface area (Å²) < 4.78 is 43.1. The summed E-state index contributed by atoms with van der Waals surface area (Å²) in [4.78, 5) is 24.3. The minimum Gasteiger partial charge on any atom is -0.459 e. The molecule has 2 N–H and O–H groups in total. The number of carbonyl (C=O) groups excluding carboxylic acids is 2. The number of furan rings is 1. The first-order valence-corrected chi connectivity index (χ1v) is 8.08. The van der Waals surface area contributed by atoms with Gasteiger partial charge in [0.05, 0.1) is 21.7 Å². The molecular formula is C17H11F3N2O3S. The average molecular weight is 380 g/mol. The summed E-state index contributed by atoms with van der Waals surface area (Å²) >= 11 is 0.988. The molecule has 0 fully saturated rings. The second kappa shape index (κ2) is 7.04. The van der Waals surface area contributed by atoms with Crippen molar-refractivity contribution < 1.29 is 27.2 Å². The van der Waals surface area contributed by atoms with Gasteiger partial charge in [-0.15, -0.1) is 11.3 Å². The van der Waals surface area contributed by atoms with Crippen molar-refractivity contribution >= 4 is 33.8 Å².